The van der Waals surface area contributed by atoms with Gasteiger partial charge < -0.3 is 27.1 Å². The van der Waals surface area contributed by atoms with Crippen molar-refractivity contribution in [3.63, 3.8) is 0 Å². The minimum atomic E-state index is -0.675. The first-order valence-corrected chi connectivity index (χ1v) is 10.6. The quantitative estimate of drug-likeness (QED) is 0.314. The first-order chi connectivity index (χ1) is 14.4. The van der Waals surface area contributed by atoms with E-state index in [1.807, 2.05) is 18.2 Å². The van der Waals surface area contributed by atoms with E-state index in [1.54, 1.807) is 19.1 Å². The molecule has 0 radical (unpaired) electrons. The summed E-state index contributed by atoms with van der Waals surface area (Å²) in [5.74, 6) is -0.186. The Morgan fingerprint density at radius 1 is 1.33 bits per heavy atom. The number of nitrogen functional groups attached to an aromatic ring is 1. The van der Waals surface area contributed by atoms with E-state index in [0.29, 0.717) is 23.2 Å². The molecule has 0 aliphatic carbocycles. The Bertz CT molecular complexity index is 935. The molecule has 0 bridgehead atoms. The standard InChI is InChI=1S/C22H26BrN5O2/c1-13(21(29)27-12-17-8-18(23)7-15(10-24)20(17)25)28-22(30)19-9-16(11-26-19)14-5-3-2-4-6-14/h2-8,10,13,16,19,24,26H,9,11-12,25H2,1H3,(H,27,29)(H,28,30)/t13-,16-,19+/m0/s1. The highest BCUT2D eigenvalue weighted by molar-refractivity contribution is 9.10. The molecule has 2 aromatic rings. The average molecular weight is 472 g/mol. The lowest BCUT2D eigenvalue weighted by Crippen LogP contribution is -2.49. The van der Waals surface area contributed by atoms with E-state index >= 15 is 0 Å². The van der Waals surface area contributed by atoms with Gasteiger partial charge in [-0.25, -0.2) is 0 Å². The molecule has 8 heteroatoms. The van der Waals surface area contributed by atoms with E-state index in [2.05, 4.69) is 44.0 Å². The smallest absolute Gasteiger partial charge is 0.242 e. The molecule has 2 amide bonds. The van der Waals surface area contributed by atoms with Gasteiger partial charge in [0.15, 0.2) is 0 Å². The lowest BCUT2D eigenvalue weighted by Gasteiger charge is -2.18. The molecule has 0 aromatic heterocycles. The van der Waals surface area contributed by atoms with Crippen LogP contribution in [0.1, 0.15) is 36.0 Å². The predicted molar refractivity (Wildman–Crippen MR) is 121 cm³/mol. The molecule has 3 atom stereocenters. The number of hydrogen-bond acceptors (Lipinski definition) is 5. The molecule has 1 fully saturated rings. The Hall–Kier alpha value is -2.71. The van der Waals surface area contributed by atoms with Gasteiger partial charge in [0, 0.05) is 35.0 Å². The normalized spacial score (nSPS) is 19.1. The van der Waals surface area contributed by atoms with Crippen molar-refractivity contribution < 1.29 is 9.59 Å². The zero-order valence-electron chi connectivity index (χ0n) is 16.7. The molecule has 1 aliphatic heterocycles. The van der Waals surface area contributed by atoms with Crippen LogP contribution in [-0.2, 0) is 16.1 Å². The Kier molecular flexibility index (Phi) is 7.23. The van der Waals surface area contributed by atoms with Gasteiger partial charge in [-0.15, -0.1) is 0 Å². The Morgan fingerprint density at radius 2 is 2.07 bits per heavy atom. The molecule has 158 valence electrons. The molecule has 7 nitrogen and oxygen atoms in total. The second-order valence-electron chi connectivity index (χ2n) is 7.46. The highest BCUT2D eigenvalue weighted by atomic mass is 79.9. The summed E-state index contributed by atoms with van der Waals surface area (Å²) in [6.45, 7) is 2.60. The van der Waals surface area contributed by atoms with Crippen LogP contribution in [0, 0.1) is 5.41 Å². The number of carbonyl (C=O) groups excluding carboxylic acids is 2. The lowest BCUT2D eigenvalue weighted by molar-refractivity contribution is -0.129. The zero-order chi connectivity index (χ0) is 21.7. The van der Waals surface area contributed by atoms with Gasteiger partial charge in [0.1, 0.15) is 6.04 Å². The minimum absolute atomic E-state index is 0.177. The zero-order valence-corrected chi connectivity index (χ0v) is 18.3. The van der Waals surface area contributed by atoms with E-state index in [9.17, 15) is 9.59 Å². The third-order valence-corrected chi connectivity index (χ3v) is 5.80. The van der Waals surface area contributed by atoms with Gasteiger partial charge in [0.2, 0.25) is 11.8 Å². The second-order valence-corrected chi connectivity index (χ2v) is 8.38. The monoisotopic (exact) mass is 471 g/mol. The maximum Gasteiger partial charge on any atom is 0.242 e. The van der Waals surface area contributed by atoms with E-state index in [4.69, 9.17) is 11.1 Å². The van der Waals surface area contributed by atoms with Crippen molar-refractivity contribution in [2.75, 3.05) is 12.3 Å². The fourth-order valence-electron chi connectivity index (χ4n) is 3.59. The molecule has 3 rings (SSSR count). The number of nitrogens with two attached hydrogens (primary N) is 1. The molecular weight excluding hydrogens is 446 g/mol. The predicted octanol–water partition coefficient (Wildman–Crippen LogP) is 2.30. The van der Waals surface area contributed by atoms with Crippen LogP contribution >= 0.6 is 15.9 Å². The van der Waals surface area contributed by atoms with E-state index in [-0.39, 0.29) is 30.3 Å². The first-order valence-electron chi connectivity index (χ1n) is 9.83. The number of rotatable bonds is 7. The maximum atomic E-state index is 12.6. The largest absolute Gasteiger partial charge is 0.398 e. The molecule has 1 aliphatic rings. The van der Waals surface area contributed by atoms with Gasteiger partial charge in [-0.2, -0.15) is 0 Å². The molecule has 2 aromatic carbocycles. The van der Waals surface area contributed by atoms with Gasteiger partial charge in [0.25, 0.3) is 0 Å². The summed E-state index contributed by atoms with van der Waals surface area (Å²) in [6, 6.07) is 12.7. The van der Waals surface area contributed by atoms with E-state index in [1.165, 1.54) is 11.8 Å². The maximum absolute atomic E-state index is 12.6. The average Bonchev–Trinajstić information content (AvgIpc) is 3.25. The number of hydrogen-bond donors (Lipinski definition) is 5. The Balaban J connectivity index is 1.52. The van der Waals surface area contributed by atoms with Gasteiger partial charge in [-0.05, 0) is 42.5 Å². The van der Waals surface area contributed by atoms with Crippen molar-refractivity contribution >= 4 is 39.6 Å². The summed E-state index contributed by atoms with van der Waals surface area (Å²) in [5.41, 5.74) is 8.99. The van der Waals surface area contributed by atoms with Gasteiger partial charge in [-0.1, -0.05) is 46.3 Å². The number of amides is 2. The molecule has 6 N–H and O–H groups in total. The van der Waals surface area contributed by atoms with Crippen molar-refractivity contribution in [1.82, 2.24) is 16.0 Å². The third kappa shape index (κ3) is 5.25. The number of halogens is 1. The van der Waals surface area contributed by atoms with Crippen LogP contribution in [0.15, 0.2) is 46.9 Å². The number of benzene rings is 2. The fourth-order valence-corrected chi connectivity index (χ4v) is 4.12. The van der Waals surface area contributed by atoms with Gasteiger partial charge in [0.05, 0.1) is 6.04 Å². The molecular formula is C22H26BrN5O2. The number of anilines is 1. The summed E-state index contributed by atoms with van der Waals surface area (Å²) in [5, 5.41) is 16.3. The fraction of sp³-hybridized carbons (Fsp3) is 0.318. The first kappa shape index (κ1) is 22.0. The Labute approximate surface area is 184 Å². The second kappa shape index (κ2) is 9.86. The van der Waals surface area contributed by atoms with E-state index in [0.717, 1.165) is 11.0 Å². The van der Waals surface area contributed by atoms with Crippen LogP contribution in [0.2, 0.25) is 0 Å². The molecule has 0 spiro atoms. The van der Waals surface area contributed by atoms with Crippen molar-refractivity contribution in [3.05, 3.63) is 63.6 Å². The van der Waals surface area contributed by atoms with Gasteiger partial charge in [-0.3, -0.25) is 9.59 Å². The minimum Gasteiger partial charge on any atom is -0.398 e. The molecule has 1 saturated heterocycles. The summed E-state index contributed by atoms with van der Waals surface area (Å²) in [4.78, 5) is 25.0. The lowest BCUT2D eigenvalue weighted by atomic mass is 9.96. The van der Waals surface area contributed by atoms with Crippen LogP contribution in [-0.4, -0.2) is 36.7 Å². The summed E-state index contributed by atoms with van der Waals surface area (Å²) in [7, 11) is 0. The van der Waals surface area contributed by atoms with Crippen LogP contribution in [0.3, 0.4) is 0 Å². The highest BCUT2D eigenvalue weighted by Crippen LogP contribution is 2.25. The van der Waals surface area contributed by atoms with Crippen molar-refractivity contribution in [3.8, 4) is 0 Å². The van der Waals surface area contributed by atoms with Crippen molar-refractivity contribution in [1.29, 1.82) is 5.41 Å². The number of nitrogens with one attached hydrogen (secondary N) is 4. The number of carbonyl (C=O) groups is 2. The van der Waals surface area contributed by atoms with Crippen LogP contribution < -0.4 is 21.7 Å². The van der Waals surface area contributed by atoms with E-state index < -0.39 is 6.04 Å². The summed E-state index contributed by atoms with van der Waals surface area (Å²) >= 11 is 3.38. The van der Waals surface area contributed by atoms with Crippen molar-refractivity contribution in [2.24, 2.45) is 0 Å². The SMILES string of the molecule is C[C@H](NC(=O)[C@H]1C[C@H](c2ccccc2)CN1)C(=O)NCc1cc(Br)cc(C=N)c1N. The topological polar surface area (TPSA) is 120 Å². The highest BCUT2D eigenvalue weighted by Gasteiger charge is 2.31. The van der Waals surface area contributed by atoms with Crippen LogP contribution in [0.4, 0.5) is 5.69 Å². The molecule has 0 unspecified atom stereocenters. The Morgan fingerprint density at radius 3 is 2.77 bits per heavy atom. The molecule has 30 heavy (non-hydrogen) atoms. The molecule has 1 heterocycles. The third-order valence-electron chi connectivity index (χ3n) is 5.34. The van der Waals surface area contributed by atoms with Gasteiger partial charge >= 0.3 is 0 Å². The van der Waals surface area contributed by atoms with Crippen LogP contribution in [0.5, 0.6) is 0 Å². The summed E-state index contributed by atoms with van der Waals surface area (Å²) in [6.07, 6.45) is 1.87. The molecule has 0 saturated carbocycles. The van der Waals surface area contributed by atoms with Crippen LogP contribution in [0.25, 0.3) is 0 Å². The summed E-state index contributed by atoms with van der Waals surface area (Å²) < 4.78 is 0.779. The van der Waals surface area contributed by atoms with Crippen molar-refractivity contribution in [2.45, 2.75) is 37.9 Å².